The average molecular weight is 347 g/mol. The molecule has 0 saturated carbocycles. The fourth-order valence-electron chi connectivity index (χ4n) is 1.50. The van der Waals surface area contributed by atoms with E-state index in [2.05, 4.69) is 26.6 Å². The maximum absolute atomic E-state index is 13.5. The summed E-state index contributed by atoms with van der Waals surface area (Å²) in [4.78, 5) is 23.0. The first-order valence-electron chi connectivity index (χ1n) is 6.16. The number of carbonyl (C=O) groups is 2. The van der Waals surface area contributed by atoms with Crippen LogP contribution in [-0.2, 0) is 9.59 Å². The maximum Gasteiger partial charge on any atom is 0.313 e. The molecule has 5 nitrogen and oxygen atoms in total. The Kier molecular flexibility index (Phi) is 6.60. The van der Waals surface area contributed by atoms with Crippen molar-refractivity contribution in [1.29, 1.82) is 0 Å². The van der Waals surface area contributed by atoms with Gasteiger partial charge in [-0.15, -0.1) is 0 Å². The molecule has 1 unspecified atom stereocenters. The molecule has 1 aromatic rings. The largest absolute Gasteiger partial charge is 0.391 e. The molecule has 0 radical (unpaired) electrons. The van der Waals surface area contributed by atoms with Gasteiger partial charge in [-0.1, -0.05) is 29.3 Å². The number of nitrogens with one attached hydrogen (secondary N) is 2. The van der Waals surface area contributed by atoms with Crippen molar-refractivity contribution in [3.05, 3.63) is 28.5 Å². The van der Waals surface area contributed by atoms with Crippen LogP contribution in [0.1, 0.15) is 19.8 Å². The van der Waals surface area contributed by atoms with E-state index in [1.165, 1.54) is 12.1 Å². The lowest BCUT2D eigenvalue weighted by Gasteiger charge is -2.11. The van der Waals surface area contributed by atoms with Crippen molar-refractivity contribution in [2.24, 2.45) is 0 Å². The van der Waals surface area contributed by atoms with E-state index >= 15 is 0 Å². The van der Waals surface area contributed by atoms with Crippen LogP contribution in [0.4, 0.5) is 10.1 Å². The van der Waals surface area contributed by atoms with Crippen LogP contribution in [0.15, 0.2) is 22.7 Å². The third kappa shape index (κ3) is 5.26. The van der Waals surface area contributed by atoms with Gasteiger partial charge in [0, 0.05) is 11.0 Å². The van der Waals surface area contributed by atoms with Crippen LogP contribution in [0.25, 0.3) is 0 Å². The zero-order valence-electron chi connectivity index (χ0n) is 11.0. The number of halogens is 2. The predicted molar refractivity (Wildman–Crippen MR) is 76.7 cm³/mol. The Morgan fingerprint density at radius 3 is 2.70 bits per heavy atom. The molecule has 2 amide bonds. The minimum atomic E-state index is -0.977. The third-order valence-corrected chi connectivity index (χ3v) is 3.00. The van der Waals surface area contributed by atoms with Gasteiger partial charge in [0.15, 0.2) is 0 Å². The van der Waals surface area contributed by atoms with Crippen molar-refractivity contribution in [2.75, 3.05) is 11.9 Å². The van der Waals surface area contributed by atoms with Crippen molar-refractivity contribution in [1.82, 2.24) is 5.32 Å². The summed E-state index contributed by atoms with van der Waals surface area (Å²) in [6.07, 6.45) is 0.609. The van der Waals surface area contributed by atoms with Gasteiger partial charge in [0.2, 0.25) is 0 Å². The van der Waals surface area contributed by atoms with Crippen LogP contribution in [0.2, 0.25) is 0 Å². The van der Waals surface area contributed by atoms with Crippen molar-refractivity contribution >= 4 is 33.4 Å². The number of rotatable bonds is 5. The summed E-state index contributed by atoms with van der Waals surface area (Å²) in [6.45, 7) is 1.89. The fraction of sp³-hybridized carbons (Fsp3) is 0.385. The maximum atomic E-state index is 13.5. The second kappa shape index (κ2) is 7.96. The average Bonchev–Trinajstić information content (AvgIpc) is 2.39. The number of aliphatic hydroxyl groups excluding tert-OH is 1. The summed E-state index contributed by atoms with van der Waals surface area (Å²) < 4.78 is 14.0. The summed E-state index contributed by atoms with van der Waals surface area (Å²) in [5.41, 5.74) is -0.0811. The number of benzene rings is 1. The van der Waals surface area contributed by atoms with Gasteiger partial charge >= 0.3 is 11.8 Å². The van der Waals surface area contributed by atoms with E-state index in [1.54, 1.807) is 6.07 Å². The number of amides is 2. The first-order valence-corrected chi connectivity index (χ1v) is 6.95. The van der Waals surface area contributed by atoms with Crippen molar-refractivity contribution in [2.45, 2.75) is 25.9 Å². The quantitative estimate of drug-likeness (QED) is 0.711. The van der Waals surface area contributed by atoms with E-state index in [1.807, 2.05) is 6.92 Å². The van der Waals surface area contributed by atoms with Crippen molar-refractivity contribution in [3.63, 3.8) is 0 Å². The van der Waals surface area contributed by atoms with Gasteiger partial charge in [-0.25, -0.2) is 4.39 Å². The van der Waals surface area contributed by atoms with E-state index in [0.717, 1.165) is 6.42 Å². The van der Waals surface area contributed by atoms with Crippen molar-refractivity contribution in [3.8, 4) is 0 Å². The van der Waals surface area contributed by atoms with Crippen molar-refractivity contribution < 1.29 is 19.1 Å². The van der Waals surface area contributed by atoms with Gasteiger partial charge in [0.05, 0.1) is 11.8 Å². The highest BCUT2D eigenvalue weighted by molar-refractivity contribution is 9.10. The highest BCUT2D eigenvalue weighted by Gasteiger charge is 2.16. The SMILES string of the molecule is CCCC(O)CNC(=O)C(=O)Nc1ccc(Br)cc1F. The van der Waals surface area contributed by atoms with Crippen LogP contribution >= 0.6 is 15.9 Å². The Balaban J connectivity index is 2.51. The lowest BCUT2D eigenvalue weighted by atomic mass is 10.2. The zero-order valence-corrected chi connectivity index (χ0v) is 12.5. The summed E-state index contributed by atoms with van der Waals surface area (Å²) in [5.74, 6) is -2.54. The molecule has 7 heteroatoms. The number of hydrogen-bond donors (Lipinski definition) is 3. The molecule has 0 saturated heterocycles. The molecule has 0 heterocycles. The summed E-state index contributed by atoms with van der Waals surface area (Å²) in [5, 5.41) is 13.9. The van der Waals surface area contributed by atoms with E-state index in [4.69, 9.17) is 0 Å². The molecular formula is C13H16BrFN2O3. The van der Waals surface area contributed by atoms with Gasteiger partial charge in [0.25, 0.3) is 0 Å². The van der Waals surface area contributed by atoms with Gasteiger partial charge in [0.1, 0.15) is 5.82 Å². The standard InChI is InChI=1S/C13H16BrFN2O3/c1-2-3-9(18)7-16-12(19)13(20)17-11-5-4-8(14)6-10(11)15/h4-6,9,18H,2-3,7H2,1H3,(H,16,19)(H,17,20). The Hall–Kier alpha value is -1.47. The minimum Gasteiger partial charge on any atom is -0.391 e. The van der Waals surface area contributed by atoms with Gasteiger partial charge in [-0.3, -0.25) is 9.59 Å². The minimum absolute atomic E-state index is 0.0110. The second-order valence-corrected chi connectivity index (χ2v) is 5.15. The molecule has 1 atom stereocenters. The molecule has 0 aliphatic heterocycles. The molecule has 0 aromatic heterocycles. The predicted octanol–water partition coefficient (Wildman–Crippen LogP) is 1.80. The molecule has 1 rings (SSSR count). The lowest BCUT2D eigenvalue weighted by Crippen LogP contribution is -2.39. The first kappa shape index (κ1) is 16.6. The Bertz CT molecular complexity index is 497. The highest BCUT2D eigenvalue weighted by atomic mass is 79.9. The van der Waals surface area contributed by atoms with Crippen LogP contribution in [0, 0.1) is 5.82 Å². The molecule has 20 heavy (non-hydrogen) atoms. The summed E-state index contributed by atoms with van der Waals surface area (Å²) in [7, 11) is 0. The number of hydrogen-bond acceptors (Lipinski definition) is 3. The Morgan fingerprint density at radius 2 is 2.10 bits per heavy atom. The van der Waals surface area contributed by atoms with Crippen LogP contribution in [0.5, 0.6) is 0 Å². The molecule has 1 aromatic carbocycles. The van der Waals surface area contributed by atoms with Gasteiger partial charge in [-0.2, -0.15) is 0 Å². The monoisotopic (exact) mass is 346 g/mol. The van der Waals surface area contributed by atoms with E-state index in [-0.39, 0.29) is 12.2 Å². The van der Waals surface area contributed by atoms with Crippen LogP contribution in [0.3, 0.4) is 0 Å². The normalized spacial score (nSPS) is 11.8. The van der Waals surface area contributed by atoms with Crippen LogP contribution in [-0.4, -0.2) is 29.6 Å². The van der Waals surface area contributed by atoms with E-state index < -0.39 is 23.7 Å². The van der Waals surface area contributed by atoms with E-state index in [9.17, 15) is 19.1 Å². The number of carbonyl (C=O) groups excluding carboxylic acids is 2. The molecule has 0 spiro atoms. The molecule has 0 bridgehead atoms. The fourth-order valence-corrected chi connectivity index (χ4v) is 1.83. The van der Waals surface area contributed by atoms with Gasteiger partial charge in [-0.05, 0) is 24.6 Å². The summed E-state index contributed by atoms with van der Waals surface area (Å²) in [6, 6.07) is 4.07. The molecule has 0 aliphatic rings. The smallest absolute Gasteiger partial charge is 0.313 e. The highest BCUT2D eigenvalue weighted by Crippen LogP contribution is 2.19. The van der Waals surface area contributed by atoms with Gasteiger partial charge < -0.3 is 15.7 Å². The lowest BCUT2D eigenvalue weighted by molar-refractivity contribution is -0.136. The number of anilines is 1. The van der Waals surface area contributed by atoms with Crippen LogP contribution < -0.4 is 10.6 Å². The Labute approximate surface area is 124 Å². The van der Waals surface area contributed by atoms with E-state index in [0.29, 0.717) is 10.9 Å². The third-order valence-electron chi connectivity index (χ3n) is 2.51. The number of aliphatic hydroxyl groups is 1. The molecular weight excluding hydrogens is 331 g/mol. The molecule has 3 N–H and O–H groups in total. The Morgan fingerprint density at radius 1 is 1.40 bits per heavy atom. The first-order chi connectivity index (χ1) is 9.43. The topological polar surface area (TPSA) is 78.4 Å². The summed E-state index contributed by atoms with van der Waals surface area (Å²) >= 11 is 3.09. The second-order valence-electron chi connectivity index (χ2n) is 4.23. The molecule has 0 fully saturated rings. The zero-order chi connectivity index (χ0) is 15.1. The molecule has 0 aliphatic carbocycles. The molecule has 110 valence electrons.